The first-order valence-electron chi connectivity index (χ1n) is 9.87. The summed E-state index contributed by atoms with van der Waals surface area (Å²) in [4.78, 5) is 12.9. The van der Waals surface area contributed by atoms with Crippen LogP contribution < -0.4 is 18.5 Å². The molecule has 2 aromatic rings. The predicted octanol–water partition coefficient (Wildman–Crippen LogP) is 3.95. The molecular formula is C22H28FNO6S. The van der Waals surface area contributed by atoms with Crippen molar-refractivity contribution in [1.82, 2.24) is 0 Å². The molecule has 0 atom stereocenters. The van der Waals surface area contributed by atoms with Gasteiger partial charge in [-0.1, -0.05) is 13.0 Å². The second-order valence-electron chi connectivity index (χ2n) is 6.84. The Bertz CT molecular complexity index is 1010. The van der Waals surface area contributed by atoms with Gasteiger partial charge in [0.1, 0.15) is 0 Å². The normalized spacial score (nSPS) is 11.1. The van der Waals surface area contributed by atoms with E-state index in [2.05, 4.69) is 0 Å². The highest BCUT2D eigenvalue weighted by Crippen LogP contribution is 2.29. The maximum absolute atomic E-state index is 14.2. The molecule has 0 heterocycles. The number of aryl methyl sites for hydroxylation is 1. The van der Waals surface area contributed by atoms with E-state index in [1.165, 1.54) is 26.4 Å². The zero-order valence-electron chi connectivity index (χ0n) is 18.2. The van der Waals surface area contributed by atoms with Gasteiger partial charge in [-0.3, -0.25) is 4.79 Å². The van der Waals surface area contributed by atoms with Gasteiger partial charge in [0.25, 0.3) is 0 Å². The molecule has 0 aliphatic rings. The van der Waals surface area contributed by atoms with Crippen LogP contribution in [0.5, 0.6) is 17.2 Å². The second kappa shape index (κ2) is 11.0. The molecule has 2 aromatic carbocycles. The van der Waals surface area contributed by atoms with Crippen LogP contribution in [0.25, 0.3) is 0 Å². The van der Waals surface area contributed by atoms with Crippen LogP contribution in [0.2, 0.25) is 0 Å². The van der Waals surface area contributed by atoms with Crippen molar-refractivity contribution in [1.29, 1.82) is 0 Å². The van der Waals surface area contributed by atoms with Gasteiger partial charge in [-0.2, -0.15) is 0 Å². The first-order valence-corrected chi connectivity index (χ1v) is 11.5. The minimum absolute atomic E-state index is 0.0229. The highest BCUT2D eigenvalue weighted by atomic mass is 32.2. The van der Waals surface area contributed by atoms with E-state index in [9.17, 15) is 17.6 Å². The monoisotopic (exact) mass is 453 g/mol. The Morgan fingerprint density at radius 2 is 1.61 bits per heavy atom. The standard InChI is InChI=1S/C22H28FNO6S/c1-5-13-31(26,27)24(17-10-12-19(28-2)18(23)15-17)22(25)8-6-7-16-9-11-20(29-3)21(14-16)30-4/h9-12,14-15H,5-8,13H2,1-4H3. The van der Waals surface area contributed by atoms with Crippen molar-refractivity contribution >= 4 is 21.6 Å². The lowest BCUT2D eigenvalue weighted by Gasteiger charge is -2.23. The summed E-state index contributed by atoms with van der Waals surface area (Å²) in [5.41, 5.74) is 0.881. The number of carbonyl (C=O) groups excluding carboxylic acids is 1. The average molecular weight is 454 g/mol. The van der Waals surface area contributed by atoms with E-state index in [1.54, 1.807) is 20.1 Å². The zero-order valence-corrected chi connectivity index (χ0v) is 19.0. The fourth-order valence-electron chi connectivity index (χ4n) is 3.17. The van der Waals surface area contributed by atoms with Crippen molar-refractivity contribution in [3.8, 4) is 17.2 Å². The summed E-state index contributed by atoms with van der Waals surface area (Å²) in [6.07, 6.45) is 1.25. The number of anilines is 1. The summed E-state index contributed by atoms with van der Waals surface area (Å²) in [6, 6.07) is 9.11. The van der Waals surface area contributed by atoms with Crippen LogP contribution >= 0.6 is 0 Å². The van der Waals surface area contributed by atoms with Crippen molar-refractivity contribution in [3.05, 3.63) is 47.8 Å². The molecule has 0 spiro atoms. The lowest BCUT2D eigenvalue weighted by molar-refractivity contribution is -0.117. The molecule has 1 amide bonds. The summed E-state index contributed by atoms with van der Waals surface area (Å²) in [5, 5.41) is 0. The quantitative estimate of drug-likeness (QED) is 0.512. The van der Waals surface area contributed by atoms with E-state index in [-0.39, 0.29) is 23.6 Å². The van der Waals surface area contributed by atoms with Gasteiger partial charge in [0.2, 0.25) is 15.9 Å². The number of benzene rings is 2. The van der Waals surface area contributed by atoms with Crippen LogP contribution in [0, 0.1) is 5.82 Å². The third-order valence-corrected chi connectivity index (χ3v) is 6.54. The molecule has 0 saturated carbocycles. The van der Waals surface area contributed by atoms with Crippen molar-refractivity contribution in [2.45, 2.75) is 32.6 Å². The van der Waals surface area contributed by atoms with E-state index in [0.29, 0.717) is 35.1 Å². The number of carbonyl (C=O) groups is 1. The van der Waals surface area contributed by atoms with Crippen molar-refractivity contribution in [2.75, 3.05) is 31.4 Å². The molecule has 0 aliphatic carbocycles. The van der Waals surface area contributed by atoms with Crippen LogP contribution in [-0.2, 0) is 21.2 Å². The molecule has 0 saturated heterocycles. The molecule has 0 bridgehead atoms. The fourth-order valence-corrected chi connectivity index (χ4v) is 4.71. The number of nitrogens with zero attached hydrogens (tertiary/aromatic N) is 1. The Hall–Kier alpha value is -2.81. The molecule has 0 unspecified atom stereocenters. The molecular weight excluding hydrogens is 425 g/mol. The Labute approximate surface area is 182 Å². The van der Waals surface area contributed by atoms with Gasteiger partial charge in [0.15, 0.2) is 23.1 Å². The highest BCUT2D eigenvalue weighted by Gasteiger charge is 2.29. The summed E-state index contributed by atoms with van der Waals surface area (Å²) in [6.45, 7) is 1.70. The third-order valence-electron chi connectivity index (χ3n) is 4.64. The van der Waals surface area contributed by atoms with Crippen LogP contribution in [-0.4, -0.2) is 41.4 Å². The number of sulfonamides is 1. The van der Waals surface area contributed by atoms with Crippen molar-refractivity contribution in [2.24, 2.45) is 0 Å². The number of rotatable bonds is 11. The third kappa shape index (κ3) is 6.10. The molecule has 2 rings (SSSR count). The molecule has 0 N–H and O–H groups in total. The Balaban J connectivity index is 2.19. The van der Waals surface area contributed by atoms with Gasteiger partial charge >= 0.3 is 0 Å². The lowest BCUT2D eigenvalue weighted by Crippen LogP contribution is -2.38. The molecule has 0 fully saturated rings. The van der Waals surface area contributed by atoms with E-state index >= 15 is 0 Å². The number of amides is 1. The van der Waals surface area contributed by atoms with E-state index in [1.807, 2.05) is 12.1 Å². The summed E-state index contributed by atoms with van der Waals surface area (Å²) < 4.78 is 55.7. The Morgan fingerprint density at radius 3 is 2.19 bits per heavy atom. The van der Waals surface area contributed by atoms with Gasteiger partial charge in [0, 0.05) is 12.5 Å². The second-order valence-corrected chi connectivity index (χ2v) is 8.77. The predicted molar refractivity (Wildman–Crippen MR) is 117 cm³/mol. The minimum atomic E-state index is -3.94. The van der Waals surface area contributed by atoms with Crippen molar-refractivity contribution < 1.29 is 31.8 Å². The maximum Gasteiger partial charge on any atom is 0.241 e. The molecule has 0 aliphatic heterocycles. The molecule has 0 radical (unpaired) electrons. The number of ether oxygens (including phenoxy) is 3. The smallest absolute Gasteiger partial charge is 0.241 e. The van der Waals surface area contributed by atoms with E-state index in [0.717, 1.165) is 11.6 Å². The van der Waals surface area contributed by atoms with Crippen LogP contribution in [0.4, 0.5) is 10.1 Å². The van der Waals surface area contributed by atoms with Crippen LogP contribution in [0.1, 0.15) is 31.7 Å². The van der Waals surface area contributed by atoms with Gasteiger partial charge < -0.3 is 14.2 Å². The molecule has 31 heavy (non-hydrogen) atoms. The van der Waals surface area contributed by atoms with Crippen LogP contribution in [0.3, 0.4) is 0 Å². The average Bonchev–Trinajstić information content (AvgIpc) is 2.73. The van der Waals surface area contributed by atoms with E-state index < -0.39 is 21.7 Å². The Kier molecular flexibility index (Phi) is 8.67. The fraction of sp³-hybridized carbons (Fsp3) is 0.409. The number of halogens is 1. The number of hydrogen-bond acceptors (Lipinski definition) is 6. The molecule has 0 aromatic heterocycles. The highest BCUT2D eigenvalue weighted by molar-refractivity contribution is 7.93. The molecule has 7 nitrogen and oxygen atoms in total. The Morgan fingerprint density at radius 1 is 0.968 bits per heavy atom. The topological polar surface area (TPSA) is 82.1 Å². The number of methoxy groups -OCH3 is 3. The number of hydrogen-bond donors (Lipinski definition) is 0. The van der Waals surface area contributed by atoms with Crippen molar-refractivity contribution in [3.63, 3.8) is 0 Å². The first-order chi connectivity index (χ1) is 14.8. The molecule has 170 valence electrons. The van der Waals surface area contributed by atoms with Gasteiger partial charge in [0.05, 0.1) is 32.8 Å². The summed E-state index contributed by atoms with van der Waals surface area (Å²) >= 11 is 0. The first kappa shape index (κ1) is 24.5. The SMILES string of the molecule is CCCS(=O)(=O)N(C(=O)CCCc1ccc(OC)c(OC)c1)c1ccc(OC)c(F)c1. The summed E-state index contributed by atoms with van der Waals surface area (Å²) in [5.74, 6) is -0.430. The zero-order chi connectivity index (χ0) is 23.0. The maximum atomic E-state index is 14.2. The van der Waals surface area contributed by atoms with Gasteiger partial charge in [-0.25, -0.2) is 17.1 Å². The van der Waals surface area contributed by atoms with Gasteiger partial charge in [-0.05, 0) is 49.1 Å². The van der Waals surface area contributed by atoms with Crippen LogP contribution in [0.15, 0.2) is 36.4 Å². The summed E-state index contributed by atoms with van der Waals surface area (Å²) in [7, 11) is 0.455. The van der Waals surface area contributed by atoms with Gasteiger partial charge in [-0.15, -0.1) is 0 Å². The van der Waals surface area contributed by atoms with E-state index in [4.69, 9.17) is 14.2 Å². The molecule has 9 heteroatoms. The largest absolute Gasteiger partial charge is 0.494 e. The minimum Gasteiger partial charge on any atom is -0.494 e. The lowest BCUT2D eigenvalue weighted by atomic mass is 10.1.